The van der Waals surface area contributed by atoms with E-state index in [4.69, 9.17) is 17.4 Å². The molecule has 0 aliphatic heterocycles. The lowest BCUT2D eigenvalue weighted by Crippen LogP contribution is -2.30. The Morgan fingerprint density at radius 2 is 2.00 bits per heavy atom. The fourth-order valence-electron chi connectivity index (χ4n) is 1.97. The minimum Gasteiger partial charge on any atom is -0.271 e. The molecule has 2 aromatic rings. The summed E-state index contributed by atoms with van der Waals surface area (Å²) in [6.45, 7) is 0. The maximum Gasteiger partial charge on any atom is 0.147 e. The van der Waals surface area contributed by atoms with Crippen LogP contribution in [-0.2, 0) is 6.42 Å². The molecule has 0 saturated heterocycles. The summed E-state index contributed by atoms with van der Waals surface area (Å²) in [6.07, 6.45) is 0.560. The molecule has 2 aromatic carbocycles. The van der Waals surface area contributed by atoms with Gasteiger partial charge in [-0.2, -0.15) is 0 Å². The third kappa shape index (κ3) is 3.59. The Bertz CT molecular complexity index is 622. The highest BCUT2D eigenvalue weighted by molar-refractivity contribution is 9.10. The Kier molecular flexibility index (Phi) is 5.57. The van der Waals surface area contributed by atoms with E-state index in [0.29, 0.717) is 16.5 Å². The van der Waals surface area contributed by atoms with Gasteiger partial charge in [-0.25, -0.2) is 4.39 Å². The lowest BCUT2D eigenvalue weighted by Gasteiger charge is -2.18. The molecule has 6 heteroatoms. The molecular weight excluding hydrogens is 410 g/mol. The van der Waals surface area contributed by atoms with Crippen molar-refractivity contribution in [1.29, 1.82) is 0 Å². The van der Waals surface area contributed by atoms with Crippen molar-refractivity contribution in [2.45, 2.75) is 12.5 Å². The van der Waals surface area contributed by atoms with E-state index in [1.807, 2.05) is 24.3 Å². The van der Waals surface area contributed by atoms with Crippen LogP contribution in [0, 0.1) is 5.82 Å². The van der Waals surface area contributed by atoms with Crippen LogP contribution in [-0.4, -0.2) is 0 Å². The first-order valence-corrected chi connectivity index (χ1v) is 7.83. The molecule has 2 nitrogen and oxygen atoms in total. The van der Waals surface area contributed by atoms with Crippen molar-refractivity contribution < 1.29 is 4.39 Å². The van der Waals surface area contributed by atoms with Crippen molar-refractivity contribution in [2.24, 2.45) is 5.84 Å². The molecule has 2 rings (SSSR count). The second kappa shape index (κ2) is 7.00. The van der Waals surface area contributed by atoms with Crippen molar-refractivity contribution in [3.05, 3.63) is 67.3 Å². The molecule has 3 N–H and O–H groups in total. The summed E-state index contributed by atoms with van der Waals surface area (Å²) in [5.74, 6) is 5.11. The monoisotopic (exact) mass is 420 g/mol. The fourth-order valence-corrected chi connectivity index (χ4v) is 2.89. The summed E-state index contributed by atoms with van der Waals surface area (Å²) in [7, 11) is 0. The molecule has 0 radical (unpaired) electrons. The van der Waals surface area contributed by atoms with Gasteiger partial charge in [0.25, 0.3) is 0 Å². The van der Waals surface area contributed by atoms with E-state index >= 15 is 0 Å². The predicted molar refractivity (Wildman–Crippen MR) is 87.0 cm³/mol. The van der Waals surface area contributed by atoms with Crippen LogP contribution in [0.1, 0.15) is 17.2 Å². The van der Waals surface area contributed by atoms with Crippen LogP contribution < -0.4 is 11.3 Å². The van der Waals surface area contributed by atoms with E-state index in [0.717, 1.165) is 10.0 Å². The number of nitrogens with one attached hydrogen (secondary N) is 1. The van der Waals surface area contributed by atoms with Gasteiger partial charge in [-0.3, -0.25) is 11.3 Å². The molecule has 0 amide bonds. The van der Waals surface area contributed by atoms with Crippen LogP contribution in [0.5, 0.6) is 0 Å². The van der Waals surface area contributed by atoms with Crippen molar-refractivity contribution in [2.75, 3.05) is 0 Å². The maximum absolute atomic E-state index is 14.2. The van der Waals surface area contributed by atoms with Crippen LogP contribution in [0.3, 0.4) is 0 Å². The zero-order valence-corrected chi connectivity index (χ0v) is 14.3. The SMILES string of the molecule is NNC(Cc1cccc(Br)c1)c1ccc(Br)c(Cl)c1F. The quantitative estimate of drug-likeness (QED) is 0.424. The van der Waals surface area contributed by atoms with E-state index in [9.17, 15) is 4.39 Å². The van der Waals surface area contributed by atoms with Gasteiger partial charge in [0.2, 0.25) is 0 Å². The third-order valence-corrected chi connectivity index (χ3v) is 4.72. The number of hydrogen-bond acceptors (Lipinski definition) is 2. The molecule has 20 heavy (non-hydrogen) atoms. The topological polar surface area (TPSA) is 38.0 Å². The van der Waals surface area contributed by atoms with E-state index in [-0.39, 0.29) is 11.1 Å². The van der Waals surface area contributed by atoms with Gasteiger partial charge >= 0.3 is 0 Å². The number of halogens is 4. The molecule has 0 aromatic heterocycles. The molecule has 0 aliphatic carbocycles. The van der Waals surface area contributed by atoms with Gasteiger partial charge in [0.15, 0.2) is 0 Å². The van der Waals surface area contributed by atoms with Crippen LogP contribution in [0.15, 0.2) is 45.3 Å². The molecule has 0 heterocycles. The first kappa shape index (κ1) is 15.9. The number of hydrazine groups is 1. The predicted octanol–water partition coefficient (Wildman–Crippen LogP) is 4.75. The zero-order valence-electron chi connectivity index (χ0n) is 10.3. The largest absolute Gasteiger partial charge is 0.271 e. The second-order valence-electron chi connectivity index (χ2n) is 4.32. The van der Waals surface area contributed by atoms with E-state index in [2.05, 4.69) is 37.3 Å². The summed E-state index contributed by atoms with van der Waals surface area (Å²) in [4.78, 5) is 0. The summed E-state index contributed by atoms with van der Waals surface area (Å²) in [5, 5.41) is 0.0667. The zero-order chi connectivity index (χ0) is 14.7. The third-order valence-electron chi connectivity index (χ3n) is 2.97. The standard InChI is InChI=1S/C14H12Br2ClFN2/c15-9-3-1-2-8(6-9)7-12(20-19)10-4-5-11(16)13(17)14(10)18/h1-6,12,20H,7,19H2. The van der Waals surface area contributed by atoms with E-state index in [1.54, 1.807) is 12.1 Å². The number of hydrogen-bond donors (Lipinski definition) is 2. The molecule has 0 aliphatic rings. The normalized spacial score (nSPS) is 12.4. The summed E-state index contributed by atoms with van der Waals surface area (Å²) < 4.78 is 15.7. The van der Waals surface area contributed by atoms with Gasteiger partial charge in [0, 0.05) is 14.5 Å². The lowest BCUT2D eigenvalue weighted by atomic mass is 9.99. The molecule has 0 spiro atoms. The number of nitrogens with two attached hydrogens (primary N) is 1. The first-order valence-electron chi connectivity index (χ1n) is 5.87. The number of benzene rings is 2. The van der Waals surface area contributed by atoms with Crippen molar-refractivity contribution >= 4 is 43.5 Å². The summed E-state index contributed by atoms with van der Waals surface area (Å²) >= 11 is 12.5. The Labute approximate surface area is 138 Å². The molecule has 106 valence electrons. The molecule has 1 atom stereocenters. The molecule has 0 fully saturated rings. The Morgan fingerprint density at radius 1 is 1.25 bits per heavy atom. The molecule has 0 bridgehead atoms. The smallest absolute Gasteiger partial charge is 0.147 e. The summed E-state index contributed by atoms with van der Waals surface area (Å²) in [6, 6.07) is 10.8. The van der Waals surface area contributed by atoms with Crippen LogP contribution in [0.2, 0.25) is 5.02 Å². The average molecular weight is 423 g/mol. The lowest BCUT2D eigenvalue weighted by molar-refractivity contribution is 0.510. The fraction of sp³-hybridized carbons (Fsp3) is 0.143. The van der Waals surface area contributed by atoms with Crippen molar-refractivity contribution in [3.8, 4) is 0 Å². The Morgan fingerprint density at radius 3 is 2.65 bits per heavy atom. The molecular formula is C14H12Br2ClFN2. The van der Waals surface area contributed by atoms with Gasteiger partial charge in [-0.05, 0) is 46.1 Å². The minimum atomic E-state index is -0.459. The van der Waals surface area contributed by atoms with Crippen LogP contribution in [0.4, 0.5) is 4.39 Å². The highest BCUT2D eigenvalue weighted by Crippen LogP contribution is 2.31. The highest BCUT2D eigenvalue weighted by Gasteiger charge is 2.18. The van der Waals surface area contributed by atoms with Gasteiger partial charge in [-0.1, -0.05) is 45.7 Å². The van der Waals surface area contributed by atoms with E-state index in [1.165, 1.54) is 0 Å². The van der Waals surface area contributed by atoms with Gasteiger partial charge < -0.3 is 0 Å². The highest BCUT2D eigenvalue weighted by atomic mass is 79.9. The molecule has 1 unspecified atom stereocenters. The Hall–Kier alpha value is -0.460. The molecule has 0 saturated carbocycles. The van der Waals surface area contributed by atoms with Gasteiger partial charge in [-0.15, -0.1) is 0 Å². The average Bonchev–Trinajstić information content (AvgIpc) is 2.43. The number of rotatable bonds is 4. The van der Waals surface area contributed by atoms with Crippen LogP contribution >= 0.6 is 43.5 Å². The van der Waals surface area contributed by atoms with Crippen molar-refractivity contribution in [1.82, 2.24) is 5.43 Å². The van der Waals surface area contributed by atoms with Crippen molar-refractivity contribution in [3.63, 3.8) is 0 Å². The maximum atomic E-state index is 14.2. The first-order chi connectivity index (χ1) is 9.52. The second-order valence-corrected chi connectivity index (χ2v) is 6.47. The summed E-state index contributed by atoms with van der Waals surface area (Å²) in [5.41, 5.74) is 4.13. The van der Waals surface area contributed by atoms with E-state index < -0.39 is 5.82 Å². The van der Waals surface area contributed by atoms with Crippen LogP contribution in [0.25, 0.3) is 0 Å². The minimum absolute atomic E-state index is 0.0667. The van der Waals surface area contributed by atoms with Gasteiger partial charge in [0.1, 0.15) is 5.82 Å². The van der Waals surface area contributed by atoms with Gasteiger partial charge in [0.05, 0.1) is 11.1 Å². The Balaban J connectivity index is 2.31.